The molecule has 2 aliphatic rings. The summed E-state index contributed by atoms with van der Waals surface area (Å²) in [5.74, 6) is 1.76. The molecule has 156 valence electrons. The second-order valence-corrected chi connectivity index (χ2v) is 8.73. The minimum Gasteiger partial charge on any atom is -0.351 e. The third kappa shape index (κ3) is 3.72. The van der Waals surface area contributed by atoms with E-state index in [-0.39, 0.29) is 0 Å². The smallest absolute Gasteiger partial charge is 0.151 e. The zero-order chi connectivity index (χ0) is 20.5. The fourth-order valence-electron chi connectivity index (χ4n) is 5.19. The Labute approximate surface area is 178 Å². The van der Waals surface area contributed by atoms with Gasteiger partial charge in [-0.15, -0.1) is 10.2 Å². The van der Waals surface area contributed by atoms with Crippen molar-refractivity contribution in [3.8, 4) is 11.4 Å². The molecule has 2 aromatic heterocycles. The van der Waals surface area contributed by atoms with Gasteiger partial charge in [-0.2, -0.15) is 5.10 Å². The second kappa shape index (κ2) is 8.19. The van der Waals surface area contributed by atoms with Gasteiger partial charge in [0, 0.05) is 32.7 Å². The lowest BCUT2D eigenvalue weighted by Gasteiger charge is -2.25. The molecule has 2 saturated heterocycles. The summed E-state index contributed by atoms with van der Waals surface area (Å²) in [4.78, 5) is 5.12. The average molecular weight is 403 g/mol. The summed E-state index contributed by atoms with van der Waals surface area (Å²) in [5.41, 5.74) is 4.50. The van der Waals surface area contributed by atoms with Crippen molar-refractivity contribution in [2.45, 2.75) is 32.2 Å². The first-order chi connectivity index (χ1) is 14.7. The third-order valence-corrected chi connectivity index (χ3v) is 6.71. The first-order valence-corrected chi connectivity index (χ1v) is 11.0. The Morgan fingerprint density at radius 3 is 2.63 bits per heavy atom. The Hall–Kier alpha value is -2.73. The molecule has 4 heterocycles. The molecular weight excluding hydrogens is 372 g/mol. The van der Waals surface area contributed by atoms with Gasteiger partial charge in [0.15, 0.2) is 5.82 Å². The van der Waals surface area contributed by atoms with Gasteiger partial charge in [0.25, 0.3) is 0 Å². The molecule has 6 heteroatoms. The normalized spacial score (nSPS) is 21.3. The van der Waals surface area contributed by atoms with Crippen molar-refractivity contribution in [2.24, 2.45) is 13.0 Å². The molecular formula is C24H30N6. The van der Waals surface area contributed by atoms with E-state index in [1.54, 1.807) is 0 Å². The molecule has 2 atom stereocenters. The van der Waals surface area contributed by atoms with Crippen LogP contribution in [0.5, 0.6) is 0 Å². The van der Waals surface area contributed by atoms with Crippen LogP contribution < -0.4 is 4.90 Å². The number of benzene rings is 1. The van der Waals surface area contributed by atoms with Gasteiger partial charge in [-0.3, -0.25) is 4.68 Å². The van der Waals surface area contributed by atoms with Gasteiger partial charge in [-0.1, -0.05) is 30.3 Å². The van der Waals surface area contributed by atoms with Crippen LogP contribution in [0.4, 0.5) is 5.82 Å². The molecule has 2 aliphatic heterocycles. The van der Waals surface area contributed by atoms with Gasteiger partial charge in [0.2, 0.25) is 0 Å². The second-order valence-electron chi connectivity index (χ2n) is 8.73. The van der Waals surface area contributed by atoms with E-state index in [4.69, 9.17) is 0 Å². The van der Waals surface area contributed by atoms with Crippen LogP contribution in [0.2, 0.25) is 0 Å². The Morgan fingerprint density at radius 2 is 1.90 bits per heavy atom. The Bertz CT molecular complexity index is 961. The zero-order valence-corrected chi connectivity index (χ0v) is 17.9. The van der Waals surface area contributed by atoms with Gasteiger partial charge >= 0.3 is 0 Å². The van der Waals surface area contributed by atoms with Crippen LogP contribution >= 0.6 is 0 Å². The van der Waals surface area contributed by atoms with Crippen LogP contribution in [0, 0.1) is 12.8 Å². The topological polar surface area (TPSA) is 50.1 Å². The Morgan fingerprint density at radius 1 is 1.03 bits per heavy atom. The van der Waals surface area contributed by atoms with Crippen molar-refractivity contribution >= 4 is 5.82 Å². The highest BCUT2D eigenvalue weighted by Gasteiger charge is 2.41. The average Bonchev–Trinajstić information content (AvgIpc) is 3.43. The van der Waals surface area contributed by atoms with Gasteiger partial charge in [-0.05, 0) is 61.9 Å². The fraction of sp³-hybridized carbons (Fsp3) is 0.458. The molecule has 2 fully saturated rings. The highest BCUT2D eigenvalue weighted by Crippen LogP contribution is 2.34. The highest BCUT2D eigenvalue weighted by molar-refractivity contribution is 5.59. The molecule has 5 rings (SSSR count). The molecule has 2 unspecified atom stereocenters. The van der Waals surface area contributed by atoms with Gasteiger partial charge in [-0.25, -0.2) is 0 Å². The monoisotopic (exact) mass is 402 g/mol. The highest BCUT2D eigenvalue weighted by atomic mass is 15.3. The number of anilines is 1. The summed E-state index contributed by atoms with van der Waals surface area (Å²) in [6.07, 6.45) is 5.52. The third-order valence-electron chi connectivity index (χ3n) is 6.71. The maximum absolute atomic E-state index is 4.60. The SMILES string of the molecule is Cc1cnn(C)c1-c1ccc(N2CCC3CN(CCCc4ccccc4)CC32)nn1. The van der Waals surface area contributed by atoms with Crippen molar-refractivity contribution in [2.75, 3.05) is 31.1 Å². The molecule has 3 aromatic rings. The summed E-state index contributed by atoms with van der Waals surface area (Å²) in [5, 5.41) is 13.5. The van der Waals surface area contributed by atoms with Crippen LogP contribution in [0.15, 0.2) is 48.7 Å². The predicted octanol–water partition coefficient (Wildman–Crippen LogP) is 3.33. The number of hydrogen-bond donors (Lipinski definition) is 0. The first kappa shape index (κ1) is 19.2. The molecule has 0 aliphatic carbocycles. The molecule has 6 nitrogen and oxygen atoms in total. The number of nitrogens with zero attached hydrogens (tertiary/aromatic N) is 6. The van der Waals surface area contributed by atoms with E-state index in [9.17, 15) is 0 Å². The fourth-order valence-corrected chi connectivity index (χ4v) is 5.19. The molecule has 0 spiro atoms. The van der Waals surface area contributed by atoms with Crippen LogP contribution in [0.3, 0.4) is 0 Å². The standard InChI is InChI=1S/C24H30N6/c1-18-15-25-28(2)24(18)21-10-11-23(27-26-21)30-14-12-20-16-29(17-22(20)30)13-6-9-19-7-4-3-5-8-19/h3-5,7-8,10-11,15,20,22H,6,9,12-14,16-17H2,1-2H3. The van der Waals surface area contributed by atoms with Crippen molar-refractivity contribution in [1.82, 2.24) is 24.9 Å². The summed E-state index contributed by atoms with van der Waals surface area (Å²) in [6, 6.07) is 15.6. The van der Waals surface area contributed by atoms with Crippen molar-refractivity contribution in [3.63, 3.8) is 0 Å². The number of fused-ring (bicyclic) bond motifs is 1. The number of likely N-dealkylation sites (tertiary alicyclic amines) is 1. The lowest BCUT2D eigenvalue weighted by atomic mass is 10.1. The van der Waals surface area contributed by atoms with E-state index in [1.807, 2.05) is 17.9 Å². The lowest BCUT2D eigenvalue weighted by molar-refractivity contribution is 0.313. The summed E-state index contributed by atoms with van der Waals surface area (Å²) >= 11 is 0. The van der Waals surface area contributed by atoms with Crippen LogP contribution in [-0.4, -0.2) is 57.1 Å². The van der Waals surface area contributed by atoms with E-state index in [0.29, 0.717) is 6.04 Å². The van der Waals surface area contributed by atoms with Crippen molar-refractivity contribution in [1.29, 1.82) is 0 Å². The molecule has 30 heavy (non-hydrogen) atoms. The van der Waals surface area contributed by atoms with E-state index in [0.717, 1.165) is 48.2 Å². The summed E-state index contributed by atoms with van der Waals surface area (Å²) in [7, 11) is 1.95. The first-order valence-electron chi connectivity index (χ1n) is 11.0. The van der Waals surface area contributed by atoms with E-state index >= 15 is 0 Å². The largest absolute Gasteiger partial charge is 0.351 e. The zero-order valence-electron chi connectivity index (χ0n) is 17.9. The molecule has 1 aromatic carbocycles. The van der Waals surface area contributed by atoms with Crippen molar-refractivity contribution in [3.05, 3.63) is 59.8 Å². The van der Waals surface area contributed by atoms with Gasteiger partial charge < -0.3 is 9.80 Å². The van der Waals surface area contributed by atoms with E-state index < -0.39 is 0 Å². The predicted molar refractivity (Wildman–Crippen MR) is 119 cm³/mol. The molecule has 0 amide bonds. The van der Waals surface area contributed by atoms with Crippen molar-refractivity contribution < 1.29 is 0 Å². The summed E-state index contributed by atoms with van der Waals surface area (Å²) < 4.78 is 1.87. The number of aryl methyl sites for hydroxylation is 3. The van der Waals surface area contributed by atoms with Gasteiger partial charge in [0.1, 0.15) is 5.69 Å². The molecule has 0 N–H and O–H groups in total. The minimum atomic E-state index is 0.570. The molecule has 0 bridgehead atoms. The number of hydrogen-bond acceptors (Lipinski definition) is 5. The maximum atomic E-state index is 4.60. The Kier molecular flexibility index (Phi) is 5.25. The van der Waals surface area contributed by atoms with Crippen LogP contribution in [0.25, 0.3) is 11.4 Å². The van der Waals surface area contributed by atoms with E-state index in [1.165, 1.54) is 31.5 Å². The Balaban J connectivity index is 1.21. The lowest BCUT2D eigenvalue weighted by Crippen LogP contribution is -2.36. The summed E-state index contributed by atoms with van der Waals surface area (Å²) in [6.45, 7) is 6.69. The van der Waals surface area contributed by atoms with E-state index in [2.05, 4.69) is 74.5 Å². The number of aromatic nitrogens is 4. The number of rotatable bonds is 6. The molecule has 0 saturated carbocycles. The minimum absolute atomic E-state index is 0.570. The quantitative estimate of drug-likeness (QED) is 0.633. The van der Waals surface area contributed by atoms with Crippen LogP contribution in [-0.2, 0) is 13.5 Å². The maximum Gasteiger partial charge on any atom is 0.151 e. The molecule has 0 radical (unpaired) electrons. The van der Waals surface area contributed by atoms with Gasteiger partial charge in [0.05, 0.1) is 11.9 Å². The van der Waals surface area contributed by atoms with Crippen LogP contribution in [0.1, 0.15) is 24.0 Å².